The van der Waals surface area contributed by atoms with Gasteiger partial charge >= 0.3 is 0 Å². The molecule has 1 saturated carbocycles. The first kappa shape index (κ1) is 15.5. The molecule has 3 heteroatoms. The summed E-state index contributed by atoms with van der Waals surface area (Å²) in [6.45, 7) is 5.89. The van der Waals surface area contributed by atoms with Crippen molar-refractivity contribution in [2.75, 3.05) is 13.6 Å². The standard InChI is InChI=1S/C17H27FN2/c1-16(2)9-6-10-17(12-16,13-19)20(3)11-14-7-4-5-8-15(14)18/h4-5,7-8H,6,9-13,19H2,1-3H3. The van der Waals surface area contributed by atoms with Gasteiger partial charge in [0.1, 0.15) is 5.82 Å². The first-order chi connectivity index (χ1) is 9.38. The molecule has 1 aromatic rings. The van der Waals surface area contributed by atoms with Crippen molar-refractivity contribution < 1.29 is 4.39 Å². The van der Waals surface area contributed by atoms with Crippen molar-refractivity contribution in [2.45, 2.75) is 51.6 Å². The summed E-state index contributed by atoms with van der Waals surface area (Å²) in [6.07, 6.45) is 4.65. The molecule has 0 heterocycles. The molecule has 1 atom stereocenters. The third-order valence-corrected chi connectivity index (χ3v) is 4.86. The molecule has 0 aliphatic heterocycles. The zero-order valence-electron chi connectivity index (χ0n) is 13.0. The molecule has 2 N–H and O–H groups in total. The van der Waals surface area contributed by atoms with Gasteiger partial charge in [0, 0.05) is 24.2 Å². The molecule has 0 aromatic heterocycles. The second-order valence-electron chi connectivity index (χ2n) is 7.07. The summed E-state index contributed by atoms with van der Waals surface area (Å²) in [6, 6.07) is 7.03. The van der Waals surface area contributed by atoms with Crippen LogP contribution < -0.4 is 5.73 Å². The second-order valence-corrected chi connectivity index (χ2v) is 7.07. The highest BCUT2D eigenvalue weighted by molar-refractivity contribution is 5.17. The summed E-state index contributed by atoms with van der Waals surface area (Å²) in [5.41, 5.74) is 7.20. The van der Waals surface area contributed by atoms with E-state index < -0.39 is 0 Å². The van der Waals surface area contributed by atoms with Crippen LogP contribution in [0.3, 0.4) is 0 Å². The SMILES string of the molecule is CN(Cc1ccccc1F)C1(CN)CCCC(C)(C)C1. The van der Waals surface area contributed by atoms with Gasteiger partial charge in [-0.05, 0) is 37.8 Å². The van der Waals surface area contributed by atoms with Gasteiger partial charge in [0.25, 0.3) is 0 Å². The minimum Gasteiger partial charge on any atom is -0.329 e. The van der Waals surface area contributed by atoms with Gasteiger partial charge in [0.05, 0.1) is 0 Å². The molecule has 0 bridgehead atoms. The van der Waals surface area contributed by atoms with Crippen LogP contribution in [0.4, 0.5) is 4.39 Å². The lowest BCUT2D eigenvalue weighted by Crippen LogP contribution is -2.55. The molecule has 1 unspecified atom stereocenters. The Morgan fingerprint density at radius 2 is 1.95 bits per heavy atom. The Balaban J connectivity index is 2.17. The number of benzene rings is 1. The van der Waals surface area contributed by atoms with E-state index in [2.05, 4.69) is 25.8 Å². The van der Waals surface area contributed by atoms with Gasteiger partial charge < -0.3 is 5.73 Å². The zero-order chi connectivity index (χ0) is 14.8. The van der Waals surface area contributed by atoms with Crippen LogP contribution in [0.15, 0.2) is 24.3 Å². The summed E-state index contributed by atoms with van der Waals surface area (Å²) in [4.78, 5) is 2.27. The van der Waals surface area contributed by atoms with Gasteiger partial charge in [-0.1, -0.05) is 38.5 Å². The summed E-state index contributed by atoms with van der Waals surface area (Å²) < 4.78 is 13.8. The Morgan fingerprint density at radius 1 is 1.25 bits per heavy atom. The van der Waals surface area contributed by atoms with Gasteiger partial charge in [-0.15, -0.1) is 0 Å². The zero-order valence-corrected chi connectivity index (χ0v) is 13.0. The minimum atomic E-state index is -0.124. The van der Waals surface area contributed by atoms with Crippen molar-refractivity contribution in [3.05, 3.63) is 35.6 Å². The first-order valence-electron chi connectivity index (χ1n) is 7.53. The average Bonchev–Trinajstić information content (AvgIpc) is 2.40. The maximum Gasteiger partial charge on any atom is 0.127 e. The second kappa shape index (κ2) is 5.82. The topological polar surface area (TPSA) is 29.3 Å². The predicted octanol–water partition coefficient (Wildman–Crippen LogP) is 3.56. The van der Waals surface area contributed by atoms with Crippen LogP contribution in [0.1, 0.15) is 45.1 Å². The summed E-state index contributed by atoms with van der Waals surface area (Å²) in [5.74, 6) is -0.124. The Morgan fingerprint density at radius 3 is 2.55 bits per heavy atom. The minimum absolute atomic E-state index is 0.00400. The van der Waals surface area contributed by atoms with Crippen molar-refractivity contribution in [3.8, 4) is 0 Å². The molecule has 0 spiro atoms. The van der Waals surface area contributed by atoms with Crippen LogP contribution in [0.5, 0.6) is 0 Å². The van der Waals surface area contributed by atoms with Crippen LogP contribution in [-0.4, -0.2) is 24.0 Å². The van der Waals surface area contributed by atoms with Crippen LogP contribution >= 0.6 is 0 Å². The van der Waals surface area contributed by atoms with Crippen molar-refractivity contribution in [3.63, 3.8) is 0 Å². The highest BCUT2D eigenvalue weighted by atomic mass is 19.1. The number of hydrogen-bond acceptors (Lipinski definition) is 2. The normalized spacial score (nSPS) is 25.9. The molecule has 0 amide bonds. The fraction of sp³-hybridized carbons (Fsp3) is 0.647. The Hall–Kier alpha value is -0.930. The van der Waals surface area contributed by atoms with Gasteiger partial charge in [0.2, 0.25) is 0 Å². The Bertz CT molecular complexity index is 458. The van der Waals surface area contributed by atoms with E-state index in [0.717, 1.165) is 18.4 Å². The van der Waals surface area contributed by atoms with Crippen LogP contribution in [0, 0.1) is 11.2 Å². The molecular formula is C17H27FN2. The monoisotopic (exact) mass is 278 g/mol. The third kappa shape index (κ3) is 3.21. The average molecular weight is 278 g/mol. The maximum atomic E-state index is 13.8. The van der Waals surface area contributed by atoms with E-state index in [1.54, 1.807) is 6.07 Å². The van der Waals surface area contributed by atoms with E-state index in [4.69, 9.17) is 5.73 Å². The third-order valence-electron chi connectivity index (χ3n) is 4.86. The fourth-order valence-corrected chi connectivity index (χ4v) is 3.67. The molecular weight excluding hydrogens is 251 g/mol. The van der Waals surface area contributed by atoms with Crippen molar-refractivity contribution >= 4 is 0 Å². The number of halogens is 1. The molecule has 1 aromatic carbocycles. The van der Waals surface area contributed by atoms with Gasteiger partial charge in [-0.25, -0.2) is 4.39 Å². The van der Waals surface area contributed by atoms with Crippen LogP contribution in [0.25, 0.3) is 0 Å². The van der Waals surface area contributed by atoms with E-state index >= 15 is 0 Å². The van der Waals surface area contributed by atoms with E-state index in [-0.39, 0.29) is 11.4 Å². The van der Waals surface area contributed by atoms with E-state index in [9.17, 15) is 4.39 Å². The van der Waals surface area contributed by atoms with Gasteiger partial charge in [0.15, 0.2) is 0 Å². The Labute approximate surface area is 122 Å². The van der Waals surface area contributed by atoms with E-state index in [0.29, 0.717) is 18.5 Å². The number of rotatable bonds is 4. The molecule has 0 saturated heterocycles. The lowest BCUT2D eigenvalue weighted by atomic mass is 9.67. The lowest BCUT2D eigenvalue weighted by molar-refractivity contribution is 0.0218. The summed E-state index contributed by atoms with van der Waals surface area (Å²) in [7, 11) is 2.08. The van der Waals surface area contributed by atoms with Crippen molar-refractivity contribution in [1.29, 1.82) is 0 Å². The van der Waals surface area contributed by atoms with E-state index in [1.807, 2.05) is 12.1 Å². The molecule has 2 nitrogen and oxygen atoms in total. The Kier molecular flexibility index (Phi) is 4.50. The predicted molar refractivity (Wildman–Crippen MR) is 81.9 cm³/mol. The van der Waals surface area contributed by atoms with Gasteiger partial charge in [-0.3, -0.25) is 4.90 Å². The first-order valence-corrected chi connectivity index (χ1v) is 7.53. The highest BCUT2D eigenvalue weighted by Gasteiger charge is 2.41. The van der Waals surface area contributed by atoms with Gasteiger partial charge in [-0.2, -0.15) is 0 Å². The van der Waals surface area contributed by atoms with Crippen LogP contribution in [0.2, 0.25) is 0 Å². The summed E-state index contributed by atoms with van der Waals surface area (Å²) in [5, 5.41) is 0. The molecule has 1 fully saturated rings. The quantitative estimate of drug-likeness (QED) is 0.912. The molecule has 2 rings (SSSR count). The molecule has 1 aliphatic rings. The van der Waals surface area contributed by atoms with Crippen LogP contribution in [-0.2, 0) is 6.54 Å². The smallest absolute Gasteiger partial charge is 0.127 e. The van der Waals surface area contributed by atoms with Crippen molar-refractivity contribution in [2.24, 2.45) is 11.1 Å². The fourth-order valence-electron chi connectivity index (χ4n) is 3.67. The number of nitrogens with zero attached hydrogens (tertiary/aromatic N) is 1. The molecule has 20 heavy (non-hydrogen) atoms. The maximum absolute atomic E-state index is 13.8. The largest absolute Gasteiger partial charge is 0.329 e. The lowest BCUT2D eigenvalue weighted by Gasteiger charge is -2.49. The molecule has 0 radical (unpaired) electrons. The number of hydrogen-bond donors (Lipinski definition) is 1. The van der Waals surface area contributed by atoms with Crippen molar-refractivity contribution in [1.82, 2.24) is 4.90 Å². The highest BCUT2D eigenvalue weighted by Crippen LogP contribution is 2.43. The number of likely N-dealkylation sites (N-methyl/N-ethyl adjacent to an activating group) is 1. The molecule has 112 valence electrons. The van der Waals surface area contributed by atoms with E-state index in [1.165, 1.54) is 18.9 Å². The molecule has 1 aliphatic carbocycles. The summed E-state index contributed by atoms with van der Waals surface area (Å²) >= 11 is 0. The number of nitrogens with two attached hydrogens (primary N) is 1.